The smallest absolute Gasteiger partial charge is 0.140 e. The van der Waals surface area contributed by atoms with Crippen LogP contribution in [0.3, 0.4) is 0 Å². The van der Waals surface area contributed by atoms with Crippen LogP contribution in [0, 0.1) is 20.8 Å². The third-order valence-electron chi connectivity index (χ3n) is 9.25. The Kier molecular flexibility index (Phi) is 23.2. The molecule has 55 heavy (non-hydrogen) atoms. The molecule has 302 valence electrons. The van der Waals surface area contributed by atoms with E-state index in [9.17, 15) is 0 Å². The van der Waals surface area contributed by atoms with Crippen molar-refractivity contribution in [3.8, 4) is 17.2 Å². The highest BCUT2D eigenvalue weighted by Gasteiger charge is 2.07. The Bertz CT molecular complexity index is 1390. The molecule has 0 saturated carbocycles. The Balaban J connectivity index is 1.54. The highest BCUT2D eigenvalue weighted by atomic mass is 16.5. The summed E-state index contributed by atoms with van der Waals surface area (Å²) >= 11 is 0. The molecule has 0 aliphatic carbocycles. The summed E-state index contributed by atoms with van der Waals surface area (Å²) in [6, 6.07) is 11.9. The SMILES string of the molecule is CCCCCCOc1ccc(C=NCCN(CCN=Cc2ccc(OCCCCCC)c(C)n2)CCN=Cc2ccc(OCCCCCC)c(C)n2)nc1C. The van der Waals surface area contributed by atoms with Crippen LogP contribution in [0.15, 0.2) is 51.4 Å². The van der Waals surface area contributed by atoms with Gasteiger partial charge in [0, 0.05) is 38.3 Å². The first-order chi connectivity index (χ1) is 26.9. The highest BCUT2D eigenvalue weighted by molar-refractivity contribution is 5.78. The van der Waals surface area contributed by atoms with Gasteiger partial charge in [-0.2, -0.15) is 0 Å². The van der Waals surface area contributed by atoms with E-state index >= 15 is 0 Å². The highest BCUT2D eigenvalue weighted by Crippen LogP contribution is 2.18. The number of aliphatic imine (C=N–C) groups is 3. The molecule has 0 aliphatic heterocycles. The number of aromatic nitrogens is 3. The summed E-state index contributed by atoms with van der Waals surface area (Å²) in [5.74, 6) is 2.54. The Morgan fingerprint density at radius 3 is 1.04 bits per heavy atom. The van der Waals surface area contributed by atoms with Gasteiger partial charge in [0.25, 0.3) is 0 Å². The minimum Gasteiger partial charge on any atom is -0.492 e. The van der Waals surface area contributed by atoms with Crippen molar-refractivity contribution in [2.75, 3.05) is 59.1 Å². The maximum atomic E-state index is 5.96. The van der Waals surface area contributed by atoms with Crippen LogP contribution >= 0.6 is 0 Å². The van der Waals surface area contributed by atoms with E-state index in [1.807, 2.05) is 75.8 Å². The third kappa shape index (κ3) is 19.3. The normalized spacial score (nSPS) is 11.8. The molecule has 0 atom stereocenters. The van der Waals surface area contributed by atoms with E-state index in [2.05, 4.69) is 25.7 Å². The lowest BCUT2D eigenvalue weighted by molar-refractivity contribution is 0.298. The first-order valence-electron chi connectivity index (χ1n) is 21.0. The Morgan fingerprint density at radius 1 is 0.455 bits per heavy atom. The number of aryl methyl sites for hydroxylation is 3. The van der Waals surface area contributed by atoms with Crippen LogP contribution < -0.4 is 14.2 Å². The molecule has 0 unspecified atom stereocenters. The minimum absolute atomic E-state index is 0.644. The number of hydrogen-bond acceptors (Lipinski definition) is 10. The fraction of sp³-hybridized carbons (Fsp3) is 0.600. The minimum atomic E-state index is 0.644. The third-order valence-corrected chi connectivity index (χ3v) is 9.25. The molecule has 0 N–H and O–H groups in total. The van der Waals surface area contributed by atoms with E-state index in [4.69, 9.17) is 44.1 Å². The quantitative estimate of drug-likeness (QED) is 0.0493. The Hall–Kier alpha value is -4.18. The van der Waals surface area contributed by atoms with Crippen LogP contribution in [-0.2, 0) is 0 Å². The fourth-order valence-corrected chi connectivity index (χ4v) is 5.92. The molecule has 3 aromatic heterocycles. The molecule has 0 fully saturated rings. The second kappa shape index (κ2) is 28.3. The van der Waals surface area contributed by atoms with Crippen LogP contribution in [0.4, 0.5) is 0 Å². The Labute approximate surface area is 332 Å². The molecule has 3 rings (SSSR count). The summed E-state index contributed by atoms with van der Waals surface area (Å²) in [6.45, 7) is 19.1. The number of rotatable bonds is 30. The molecule has 0 aliphatic rings. The summed E-state index contributed by atoms with van der Waals surface area (Å²) < 4.78 is 17.9. The standard InChI is InChI=1S/C45H69N7O3/c1-7-10-13-16-31-53-43-22-19-40(49-37(43)4)34-46-25-28-52(29-26-47-35-41-20-23-44(38(5)50-41)54-32-17-14-11-8-2)30-27-48-36-42-21-24-45(39(6)51-42)55-33-18-15-12-9-3/h19-24,34-36H,7-18,25-33H2,1-6H3. The van der Waals surface area contributed by atoms with Crippen molar-refractivity contribution >= 4 is 18.6 Å². The molecule has 0 amide bonds. The zero-order valence-electron chi connectivity index (χ0n) is 34.9. The topological polar surface area (TPSA) is 107 Å². The maximum absolute atomic E-state index is 5.96. The van der Waals surface area contributed by atoms with E-state index in [0.29, 0.717) is 19.6 Å². The van der Waals surface area contributed by atoms with Crippen LogP contribution in [0.5, 0.6) is 17.2 Å². The van der Waals surface area contributed by atoms with E-state index < -0.39 is 0 Å². The molecule has 0 bridgehead atoms. The monoisotopic (exact) mass is 756 g/mol. The van der Waals surface area contributed by atoms with Gasteiger partial charge in [-0.05, 0) is 76.4 Å². The molecule has 0 saturated heterocycles. The molecule has 0 radical (unpaired) electrons. The first kappa shape index (κ1) is 45.2. The van der Waals surface area contributed by atoms with E-state index in [-0.39, 0.29) is 0 Å². The lowest BCUT2D eigenvalue weighted by Gasteiger charge is -2.19. The van der Waals surface area contributed by atoms with E-state index in [1.165, 1.54) is 57.8 Å². The maximum Gasteiger partial charge on any atom is 0.140 e. The van der Waals surface area contributed by atoms with Gasteiger partial charge in [0.2, 0.25) is 0 Å². The van der Waals surface area contributed by atoms with Gasteiger partial charge < -0.3 is 14.2 Å². The summed E-state index contributed by atoms with van der Waals surface area (Å²) in [6.07, 6.45) is 19.8. The van der Waals surface area contributed by atoms with Gasteiger partial charge in [-0.15, -0.1) is 0 Å². The summed E-state index contributed by atoms with van der Waals surface area (Å²) in [4.78, 5) is 30.6. The predicted octanol–water partition coefficient (Wildman–Crippen LogP) is 9.63. The molecule has 3 aromatic rings. The van der Waals surface area contributed by atoms with Gasteiger partial charge in [0.1, 0.15) is 17.2 Å². The van der Waals surface area contributed by atoms with Crippen molar-refractivity contribution in [3.05, 3.63) is 70.6 Å². The average molecular weight is 756 g/mol. The lowest BCUT2D eigenvalue weighted by Crippen LogP contribution is -2.31. The molecule has 0 spiro atoms. The lowest BCUT2D eigenvalue weighted by atomic mass is 10.2. The Morgan fingerprint density at radius 2 is 0.764 bits per heavy atom. The summed E-state index contributed by atoms with van der Waals surface area (Å²) in [5.41, 5.74) is 5.18. The number of nitrogens with zero attached hydrogens (tertiary/aromatic N) is 7. The number of hydrogen-bond donors (Lipinski definition) is 0. The van der Waals surface area contributed by atoms with Crippen LogP contribution in [0.25, 0.3) is 0 Å². The van der Waals surface area contributed by atoms with Gasteiger partial charge in [-0.3, -0.25) is 19.9 Å². The second-order valence-corrected chi connectivity index (χ2v) is 14.1. The predicted molar refractivity (Wildman–Crippen MR) is 230 cm³/mol. The fourth-order valence-electron chi connectivity index (χ4n) is 5.92. The van der Waals surface area contributed by atoms with E-state index in [0.717, 1.165) is 110 Å². The number of pyridine rings is 3. The van der Waals surface area contributed by atoms with Gasteiger partial charge in [0.05, 0.1) is 73.6 Å². The largest absolute Gasteiger partial charge is 0.492 e. The van der Waals surface area contributed by atoms with Crippen molar-refractivity contribution in [2.45, 2.75) is 119 Å². The van der Waals surface area contributed by atoms with Crippen LogP contribution in [-0.4, -0.2) is 97.6 Å². The van der Waals surface area contributed by atoms with E-state index in [1.54, 1.807) is 0 Å². The van der Waals surface area contributed by atoms with Crippen molar-refractivity contribution in [1.29, 1.82) is 0 Å². The van der Waals surface area contributed by atoms with Gasteiger partial charge in [0.15, 0.2) is 0 Å². The van der Waals surface area contributed by atoms with Crippen molar-refractivity contribution in [1.82, 2.24) is 19.9 Å². The molecular weight excluding hydrogens is 687 g/mol. The molecule has 10 nitrogen and oxygen atoms in total. The van der Waals surface area contributed by atoms with Gasteiger partial charge >= 0.3 is 0 Å². The van der Waals surface area contributed by atoms with Crippen molar-refractivity contribution in [3.63, 3.8) is 0 Å². The molecule has 10 heteroatoms. The van der Waals surface area contributed by atoms with Crippen molar-refractivity contribution in [2.24, 2.45) is 15.0 Å². The van der Waals surface area contributed by atoms with Crippen LogP contribution in [0.2, 0.25) is 0 Å². The number of ether oxygens (including phenoxy) is 3. The number of unbranched alkanes of at least 4 members (excludes halogenated alkanes) is 9. The summed E-state index contributed by atoms with van der Waals surface area (Å²) in [5, 5.41) is 0. The molecule has 3 heterocycles. The van der Waals surface area contributed by atoms with Gasteiger partial charge in [-0.25, -0.2) is 15.0 Å². The second-order valence-electron chi connectivity index (χ2n) is 14.1. The van der Waals surface area contributed by atoms with Gasteiger partial charge in [-0.1, -0.05) is 78.6 Å². The average Bonchev–Trinajstić information content (AvgIpc) is 3.18. The molecule has 0 aromatic carbocycles. The first-order valence-corrected chi connectivity index (χ1v) is 21.0. The molecular formula is C45H69N7O3. The zero-order chi connectivity index (χ0) is 39.4. The zero-order valence-corrected chi connectivity index (χ0v) is 34.9. The van der Waals surface area contributed by atoms with Crippen molar-refractivity contribution < 1.29 is 14.2 Å². The summed E-state index contributed by atoms with van der Waals surface area (Å²) in [7, 11) is 0. The van der Waals surface area contributed by atoms with Crippen LogP contribution in [0.1, 0.15) is 132 Å².